The summed E-state index contributed by atoms with van der Waals surface area (Å²) in [7, 11) is 0. The zero-order chi connectivity index (χ0) is 16.5. The van der Waals surface area contributed by atoms with Crippen LogP contribution in [-0.4, -0.2) is 33.0 Å². The quantitative estimate of drug-likeness (QED) is 0.425. The SMILES string of the molecule is CC1=C[C@@H](O)[C@H]2C[C@@H](C)C[C@@H](C)[C@@H]2[C@@]1(O)/C=C/C=C/C(=O)O. The van der Waals surface area contributed by atoms with Crippen LogP contribution in [0.4, 0.5) is 0 Å². The maximum atomic E-state index is 11.2. The summed E-state index contributed by atoms with van der Waals surface area (Å²) in [5.41, 5.74) is -0.380. The molecule has 0 aromatic carbocycles. The molecule has 0 amide bonds. The first kappa shape index (κ1) is 17.0. The number of allylic oxidation sites excluding steroid dienone is 2. The van der Waals surface area contributed by atoms with Crippen LogP contribution < -0.4 is 0 Å². The zero-order valence-corrected chi connectivity index (χ0v) is 13.4. The Bertz CT molecular complexity index is 519. The Kier molecular flexibility index (Phi) is 4.93. The molecule has 4 nitrogen and oxygen atoms in total. The third kappa shape index (κ3) is 3.18. The summed E-state index contributed by atoms with van der Waals surface area (Å²) in [6.45, 7) is 6.15. The number of hydrogen-bond donors (Lipinski definition) is 3. The second-order valence-corrected chi connectivity index (χ2v) is 6.97. The van der Waals surface area contributed by atoms with E-state index in [9.17, 15) is 15.0 Å². The Morgan fingerprint density at radius 2 is 2.00 bits per heavy atom. The molecule has 2 rings (SSSR count). The predicted octanol–water partition coefficient (Wildman–Crippen LogP) is 2.53. The van der Waals surface area contributed by atoms with Crippen LogP contribution in [0.25, 0.3) is 0 Å². The van der Waals surface area contributed by atoms with Gasteiger partial charge in [-0.25, -0.2) is 4.79 Å². The molecular weight excluding hydrogens is 280 g/mol. The minimum absolute atomic E-state index is 0.0422. The van der Waals surface area contributed by atoms with Crippen LogP contribution in [-0.2, 0) is 4.79 Å². The van der Waals surface area contributed by atoms with E-state index in [-0.39, 0.29) is 11.8 Å². The van der Waals surface area contributed by atoms with E-state index in [1.807, 2.05) is 6.92 Å². The van der Waals surface area contributed by atoms with Gasteiger partial charge in [-0.15, -0.1) is 0 Å². The summed E-state index contributed by atoms with van der Waals surface area (Å²) < 4.78 is 0. The number of aliphatic carboxylic acids is 1. The van der Waals surface area contributed by atoms with Gasteiger partial charge in [-0.2, -0.15) is 0 Å². The van der Waals surface area contributed by atoms with Crippen molar-refractivity contribution in [2.45, 2.75) is 45.3 Å². The molecule has 0 heterocycles. The summed E-state index contributed by atoms with van der Waals surface area (Å²) in [6, 6.07) is 0. The molecular formula is C18H26O4. The van der Waals surface area contributed by atoms with E-state index in [0.29, 0.717) is 11.8 Å². The smallest absolute Gasteiger partial charge is 0.328 e. The van der Waals surface area contributed by atoms with Crippen LogP contribution in [0.1, 0.15) is 33.6 Å². The molecule has 2 aliphatic carbocycles. The van der Waals surface area contributed by atoms with Gasteiger partial charge in [0.1, 0.15) is 5.60 Å². The molecule has 0 aliphatic heterocycles. The van der Waals surface area contributed by atoms with Crippen molar-refractivity contribution >= 4 is 5.97 Å². The predicted molar refractivity (Wildman–Crippen MR) is 85.2 cm³/mol. The fourth-order valence-electron chi connectivity index (χ4n) is 4.38. The number of rotatable bonds is 3. The molecule has 1 saturated carbocycles. The van der Waals surface area contributed by atoms with E-state index in [1.54, 1.807) is 18.2 Å². The van der Waals surface area contributed by atoms with Gasteiger partial charge in [0.2, 0.25) is 0 Å². The van der Waals surface area contributed by atoms with Crippen molar-refractivity contribution < 1.29 is 20.1 Å². The van der Waals surface area contributed by atoms with Crippen molar-refractivity contribution in [1.82, 2.24) is 0 Å². The average molecular weight is 306 g/mol. The Balaban J connectivity index is 2.34. The second-order valence-electron chi connectivity index (χ2n) is 6.97. The van der Waals surface area contributed by atoms with Gasteiger partial charge >= 0.3 is 5.97 Å². The second kappa shape index (κ2) is 6.39. The Labute approximate surface area is 131 Å². The molecule has 2 aliphatic rings. The molecule has 0 bridgehead atoms. The molecule has 122 valence electrons. The molecule has 4 heteroatoms. The van der Waals surface area contributed by atoms with E-state index in [2.05, 4.69) is 13.8 Å². The number of aliphatic hydroxyl groups is 2. The normalized spacial score (nSPS) is 42.4. The Hall–Kier alpha value is -1.39. The van der Waals surface area contributed by atoms with E-state index in [0.717, 1.165) is 24.5 Å². The number of aliphatic hydroxyl groups excluding tert-OH is 1. The molecule has 0 spiro atoms. The fraction of sp³-hybridized carbons (Fsp3) is 0.611. The summed E-state index contributed by atoms with van der Waals surface area (Å²) in [5, 5.41) is 30.2. The molecule has 0 saturated heterocycles. The van der Waals surface area contributed by atoms with Crippen molar-refractivity contribution in [2.24, 2.45) is 23.7 Å². The van der Waals surface area contributed by atoms with Crippen molar-refractivity contribution in [3.8, 4) is 0 Å². The van der Waals surface area contributed by atoms with Crippen LogP contribution >= 0.6 is 0 Å². The van der Waals surface area contributed by atoms with Crippen molar-refractivity contribution in [2.75, 3.05) is 0 Å². The molecule has 0 unspecified atom stereocenters. The Morgan fingerprint density at radius 1 is 1.32 bits per heavy atom. The van der Waals surface area contributed by atoms with Crippen LogP contribution in [0, 0.1) is 23.7 Å². The van der Waals surface area contributed by atoms with Gasteiger partial charge in [0.25, 0.3) is 0 Å². The van der Waals surface area contributed by atoms with Crippen LogP contribution in [0.15, 0.2) is 36.0 Å². The summed E-state index contributed by atoms with van der Waals surface area (Å²) >= 11 is 0. The summed E-state index contributed by atoms with van der Waals surface area (Å²) in [5.74, 6) is -0.178. The Morgan fingerprint density at radius 3 is 2.64 bits per heavy atom. The van der Waals surface area contributed by atoms with E-state index in [4.69, 9.17) is 5.11 Å². The highest BCUT2D eigenvalue weighted by Crippen LogP contribution is 2.50. The lowest BCUT2D eigenvalue weighted by atomic mass is 9.56. The van der Waals surface area contributed by atoms with Crippen molar-refractivity contribution in [3.63, 3.8) is 0 Å². The number of carboxylic acid groups (broad SMARTS) is 1. The topological polar surface area (TPSA) is 77.8 Å². The number of fused-ring (bicyclic) bond motifs is 1. The third-order valence-electron chi connectivity index (χ3n) is 5.22. The maximum Gasteiger partial charge on any atom is 0.328 e. The van der Waals surface area contributed by atoms with Gasteiger partial charge < -0.3 is 15.3 Å². The molecule has 0 aromatic heterocycles. The monoisotopic (exact) mass is 306 g/mol. The molecule has 0 aromatic rings. The first-order chi connectivity index (χ1) is 10.3. The van der Waals surface area contributed by atoms with Crippen molar-refractivity contribution in [3.05, 3.63) is 36.0 Å². The van der Waals surface area contributed by atoms with E-state index in [1.165, 1.54) is 6.08 Å². The van der Waals surface area contributed by atoms with Gasteiger partial charge in [-0.05, 0) is 49.2 Å². The highest BCUT2D eigenvalue weighted by atomic mass is 16.4. The van der Waals surface area contributed by atoms with Gasteiger partial charge in [0.15, 0.2) is 0 Å². The van der Waals surface area contributed by atoms with Crippen LogP contribution in [0.5, 0.6) is 0 Å². The third-order valence-corrected chi connectivity index (χ3v) is 5.22. The number of carboxylic acids is 1. The lowest BCUT2D eigenvalue weighted by Gasteiger charge is -2.51. The van der Waals surface area contributed by atoms with Crippen molar-refractivity contribution in [1.29, 1.82) is 0 Å². The van der Waals surface area contributed by atoms with E-state index >= 15 is 0 Å². The summed E-state index contributed by atoms with van der Waals surface area (Å²) in [4.78, 5) is 10.5. The maximum absolute atomic E-state index is 11.2. The van der Waals surface area contributed by atoms with Gasteiger partial charge in [-0.3, -0.25) is 0 Å². The van der Waals surface area contributed by atoms with Gasteiger partial charge in [0, 0.05) is 12.0 Å². The number of carbonyl (C=O) groups is 1. The first-order valence-electron chi connectivity index (χ1n) is 7.94. The standard InChI is InChI=1S/C18H26O4/c1-11-8-12(2)17-14(9-11)15(19)10-13(3)18(17,22)7-5-4-6-16(20)21/h4-7,10-12,14-15,17,19,22H,8-9H2,1-3H3,(H,20,21)/b6-4+,7-5+/t11-,12+,14+,15+,17-,18+/m0/s1. The number of hydrogen-bond acceptors (Lipinski definition) is 3. The minimum Gasteiger partial charge on any atom is -0.478 e. The minimum atomic E-state index is -1.12. The fourth-order valence-corrected chi connectivity index (χ4v) is 4.38. The lowest BCUT2D eigenvalue weighted by Crippen LogP contribution is -2.53. The zero-order valence-electron chi connectivity index (χ0n) is 13.4. The molecule has 22 heavy (non-hydrogen) atoms. The van der Waals surface area contributed by atoms with Crippen LogP contribution in [0.3, 0.4) is 0 Å². The van der Waals surface area contributed by atoms with E-state index < -0.39 is 17.7 Å². The largest absolute Gasteiger partial charge is 0.478 e. The van der Waals surface area contributed by atoms with Gasteiger partial charge in [0.05, 0.1) is 6.10 Å². The average Bonchev–Trinajstić information content (AvgIpc) is 2.40. The van der Waals surface area contributed by atoms with Gasteiger partial charge in [-0.1, -0.05) is 32.1 Å². The van der Waals surface area contributed by atoms with Crippen LogP contribution in [0.2, 0.25) is 0 Å². The molecule has 1 fully saturated rings. The highest BCUT2D eigenvalue weighted by Gasteiger charge is 2.51. The molecule has 0 radical (unpaired) electrons. The highest BCUT2D eigenvalue weighted by molar-refractivity contribution is 5.80. The first-order valence-corrected chi connectivity index (χ1v) is 7.94. The molecule has 6 atom stereocenters. The molecule has 3 N–H and O–H groups in total. The lowest BCUT2D eigenvalue weighted by molar-refractivity contribution is -0.131. The summed E-state index contributed by atoms with van der Waals surface area (Å²) in [6.07, 6.45) is 8.89.